The van der Waals surface area contributed by atoms with Crippen molar-refractivity contribution in [3.05, 3.63) is 65.7 Å². The molecule has 2 heterocycles. The van der Waals surface area contributed by atoms with E-state index in [0.717, 1.165) is 50.6 Å². The summed E-state index contributed by atoms with van der Waals surface area (Å²) >= 11 is 0. The van der Waals surface area contributed by atoms with Crippen LogP contribution in [0.25, 0.3) is 0 Å². The summed E-state index contributed by atoms with van der Waals surface area (Å²) in [4.78, 5) is 9.01. The van der Waals surface area contributed by atoms with Gasteiger partial charge in [-0.3, -0.25) is 4.98 Å². The van der Waals surface area contributed by atoms with E-state index in [1.165, 1.54) is 24.5 Å². The molecule has 0 unspecified atom stereocenters. The molecule has 1 aromatic carbocycles. The van der Waals surface area contributed by atoms with Crippen molar-refractivity contribution in [2.75, 3.05) is 33.2 Å². The van der Waals surface area contributed by atoms with E-state index in [4.69, 9.17) is 0 Å². The first-order chi connectivity index (χ1) is 12.2. The maximum atomic E-state index is 13.2. The van der Waals surface area contributed by atoms with Crippen molar-refractivity contribution in [3.63, 3.8) is 0 Å². The van der Waals surface area contributed by atoms with Crippen LogP contribution in [-0.4, -0.2) is 48.0 Å². The number of rotatable bonds is 7. The van der Waals surface area contributed by atoms with E-state index in [9.17, 15) is 4.39 Å². The minimum absolute atomic E-state index is 0.131. The second-order valence-electron chi connectivity index (χ2n) is 7.22. The molecule has 1 aliphatic rings. The molecule has 0 N–H and O–H groups in total. The predicted molar refractivity (Wildman–Crippen MR) is 99.8 cm³/mol. The standard InChI is InChI=1S/C21H28FN3/c1-24(16-19-5-10-23-11-6-19)17-20-8-13-25(14-9-20)12-7-18-3-2-4-21(22)15-18/h2-6,10-11,15,20H,7-9,12-14,16-17H2,1H3. The van der Waals surface area contributed by atoms with Gasteiger partial charge >= 0.3 is 0 Å². The largest absolute Gasteiger partial charge is 0.303 e. The third-order valence-electron chi connectivity index (χ3n) is 5.08. The first-order valence-corrected chi connectivity index (χ1v) is 9.23. The Morgan fingerprint density at radius 2 is 1.88 bits per heavy atom. The molecule has 1 fully saturated rings. The van der Waals surface area contributed by atoms with Gasteiger partial charge in [-0.2, -0.15) is 0 Å². The van der Waals surface area contributed by atoms with E-state index >= 15 is 0 Å². The molecule has 1 saturated heterocycles. The van der Waals surface area contributed by atoms with Gasteiger partial charge in [-0.05, 0) is 80.7 Å². The van der Waals surface area contributed by atoms with E-state index in [2.05, 4.69) is 34.0 Å². The number of likely N-dealkylation sites (tertiary alicyclic amines) is 1. The van der Waals surface area contributed by atoms with Crippen molar-refractivity contribution < 1.29 is 4.39 Å². The number of benzene rings is 1. The number of hydrogen-bond donors (Lipinski definition) is 0. The zero-order valence-corrected chi connectivity index (χ0v) is 15.1. The Labute approximate surface area is 150 Å². The van der Waals surface area contributed by atoms with Gasteiger partial charge in [-0.1, -0.05) is 12.1 Å². The van der Waals surface area contributed by atoms with Gasteiger partial charge in [-0.25, -0.2) is 4.39 Å². The summed E-state index contributed by atoms with van der Waals surface area (Å²) in [6.45, 7) is 5.48. The smallest absolute Gasteiger partial charge is 0.123 e. The number of hydrogen-bond acceptors (Lipinski definition) is 3. The Hall–Kier alpha value is -1.78. The number of halogens is 1. The molecule has 2 aromatic rings. The molecule has 4 heteroatoms. The number of aromatic nitrogens is 1. The van der Waals surface area contributed by atoms with Gasteiger partial charge in [0.15, 0.2) is 0 Å². The lowest BCUT2D eigenvalue weighted by Gasteiger charge is -2.34. The van der Waals surface area contributed by atoms with Crippen LogP contribution in [0.4, 0.5) is 4.39 Å². The van der Waals surface area contributed by atoms with Crippen LogP contribution in [0.15, 0.2) is 48.8 Å². The summed E-state index contributed by atoms with van der Waals surface area (Å²) in [5.74, 6) is 0.644. The van der Waals surface area contributed by atoms with Crippen LogP contribution in [0.2, 0.25) is 0 Å². The molecule has 0 saturated carbocycles. The monoisotopic (exact) mass is 341 g/mol. The minimum atomic E-state index is -0.131. The van der Waals surface area contributed by atoms with E-state index in [-0.39, 0.29) is 5.82 Å². The van der Waals surface area contributed by atoms with Gasteiger partial charge in [0.2, 0.25) is 0 Å². The fourth-order valence-electron chi connectivity index (χ4n) is 3.68. The zero-order valence-electron chi connectivity index (χ0n) is 15.1. The maximum absolute atomic E-state index is 13.2. The lowest BCUT2D eigenvalue weighted by Crippen LogP contribution is -2.38. The normalized spacial score (nSPS) is 16.4. The van der Waals surface area contributed by atoms with Crippen LogP contribution in [0.5, 0.6) is 0 Å². The molecule has 1 aromatic heterocycles. The molecule has 0 atom stereocenters. The topological polar surface area (TPSA) is 19.4 Å². The minimum Gasteiger partial charge on any atom is -0.303 e. The second-order valence-corrected chi connectivity index (χ2v) is 7.22. The van der Waals surface area contributed by atoms with Gasteiger partial charge in [0.05, 0.1) is 0 Å². The third-order valence-corrected chi connectivity index (χ3v) is 5.08. The summed E-state index contributed by atoms with van der Waals surface area (Å²) in [6.07, 6.45) is 7.17. The predicted octanol–water partition coefficient (Wildman–Crippen LogP) is 3.61. The van der Waals surface area contributed by atoms with E-state index in [0.29, 0.717) is 0 Å². The molecule has 25 heavy (non-hydrogen) atoms. The number of piperidine rings is 1. The zero-order chi connectivity index (χ0) is 17.5. The molecule has 3 rings (SSSR count). The van der Waals surface area contributed by atoms with E-state index in [1.54, 1.807) is 12.1 Å². The molecule has 0 bridgehead atoms. The average molecular weight is 341 g/mol. The summed E-state index contributed by atoms with van der Waals surface area (Å²) < 4.78 is 13.2. The molecule has 0 spiro atoms. The number of pyridine rings is 1. The van der Waals surface area contributed by atoms with E-state index < -0.39 is 0 Å². The fourth-order valence-corrected chi connectivity index (χ4v) is 3.68. The molecular weight excluding hydrogens is 313 g/mol. The van der Waals surface area contributed by atoms with Crippen LogP contribution in [0.1, 0.15) is 24.0 Å². The van der Waals surface area contributed by atoms with Crippen LogP contribution < -0.4 is 0 Å². The third kappa shape index (κ3) is 5.91. The van der Waals surface area contributed by atoms with Crippen molar-refractivity contribution in [1.82, 2.24) is 14.8 Å². The van der Waals surface area contributed by atoms with Gasteiger partial charge in [0, 0.05) is 32.0 Å². The quantitative estimate of drug-likeness (QED) is 0.767. The Morgan fingerprint density at radius 3 is 2.60 bits per heavy atom. The molecule has 0 amide bonds. The highest BCUT2D eigenvalue weighted by molar-refractivity contribution is 5.16. The molecule has 134 valence electrons. The Balaban J connectivity index is 1.37. The second kappa shape index (κ2) is 9.07. The highest BCUT2D eigenvalue weighted by atomic mass is 19.1. The lowest BCUT2D eigenvalue weighted by molar-refractivity contribution is 0.153. The van der Waals surface area contributed by atoms with Crippen molar-refractivity contribution in [2.24, 2.45) is 5.92 Å². The number of nitrogens with zero attached hydrogens (tertiary/aromatic N) is 3. The Bertz CT molecular complexity index is 639. The van der Waals surface area contributed by atoms with Crippen molar-refractivity contribution >= 4 is 0 Å². The van der Waals surface area contributed by atoms with Crippen molar-refractivity contribution in [3.8, 4) is 0 Å². The van der Waals surface area contributed by atoms with Crippen LogP contribution in [0.3, 0.4) is 0 Å². The van der Waals surface area contributed by atoms with Crippen molar-refractivity contribution in [2.45, 2.75) is 25.8 Å². The molecule has 0 aliphatic carbocycles. The van der Waals surface area contributed by atoms with E-state index in [1.807, 2.05) is 18.5 Å². The SMILES string of the molecule is CN(Cc1ccncc1)CC1CCN(CCc2cccc(F)c2)CC1. The summed E-state index contributed by atoms with van der Waals surface area (Å²) in [6, 6.07) is 11.2. The fraction of sp³-hybridized carbons (Fsp3) is 0.476. The van der Waals surface area contributed by atoms with Gasteiger partial charge in [0.25, 0.3) is 0 Å². The molecule has 1 aliphatic heterocycles. The maximum Gasteiger partial charge on any atom is 0.123 e. The average Bonchev–Trinajstić information content (AvgIpc) is 2.62. The molecular formula is C21H28FN3. The van der Waals surface area contributed by atoms with Crippen LogP contribution in [-0.2, 0) is 13.0 Å². The highest BCUT2D eigenvalue weighted by Crippen LogP contribution is 2.19. The van der Waals surface area contributed by atoms with Gasteiger partial charge in [-0.15, -0.1) is 0 Å². The van der Waals surface area contributed by atoms with Gasteiger partial charge in [0.1, 0.15) is 5.82 Å². The first kappa shape index (κ1) is 18.0. The van der Waals surface area contributed by atoms with Crippen LogP contribution >= 0.6 is 0 Å². The lowest BCUT2D eigenvalue weighted by atomic mass is 9.96. The van der Waals surface area contributed by atoms with Gasteiger partial charge < -0.3 is 9.80 Å². The van der Waals surface area contributed by atoms with Crippen LogP contribution in [0, 0.1) is 11.7 Å². The molecule has 0 radical (unpaired) electrons. The highest BCUT2D eigenvalue weighted by Gasteiger charge is 2.20. The summed E-state index contributed by atoms with van der Waals surface area (Å²) in [7, 11) is 2.21. The Kier molecular flexibility index (Phi) is 6.54. The van der Waals surface area contributed by atoms with Crippen molar-refractivity contribution in [1.29, 1.82) is 0 Å². The first-order valence-electron chi connectivity index (χ1n) is 9.23. The summed E-state index contributed by atoms with van der Waals surface area (Å²) in [5, 5.41) is 0. The Morgan fingerprint density at radius 1 is 1.12 bits per heavy atom. The summed E-state index contributed by atoms with van der Waals surface area (Å²) in [5.41, 5.74) is 2.42. The molecule has 3 nitrogen and oxygen atoms in total.